The van der Waals surface area contributed by atoms with E-state index < -0.39 is 17.2 Å². The predicted octanol–water partition coefficient (Wildman–Crippen LogP) is 3.55. The van der Waals surface area contributed by atoms with Gasteiger partial charge in [0.05, 0.1) is 5.52 Å². The number of benzene rings is 2. The first-order valence-electron chi connectivity index (χ1n) is 7.54. The van der Waals surface area contributed by atoms with E-state index >= 15 is 0 Å². The average molecular weight is 324 g/mol. The molecule has 3 rings (SSSR count). The molecule has 0 saturated heterocycles. The molecule has 5 heteroatoms. The molecule has 1 amide bonds. The van der Waals surface area contributed by atoms with Gasteiger partial charge in [-0.3, -0.25) is 9.59 Å². The number of nitrogens with zero attached hydrogens (tertiary/aromatic N) is 1. The molecule has 0 spiro atoms. The van der Waals surface area contributed by atoms with Crippen molar-refractivity contribution in [1.82, 2.24) is 4.57 Å². The number of nitrogens with one attached hydrogen (secondary N) is 1. The van der Waals surface area contributed by atoms with E-state index in [9.17, 15) is 14.0 Å². The van der Waals surface area contributed by atoms with Gasteiger partial charge in [-0.15, -0.1) is 0 Å². The van der Waals surface area contributed by atoms with Gasteiger partial charge in [-0.1, -0.05) is 12.1 Å². The van der Waals surface area contributed by atoms with E-state index in [1.165, 1.54) is 18.3 Å². The van der Waals surface area contributed by atoms with Crippen molar-refractivity contribution in [2.75, 3.05) is 5.32 Å². The molecule has 0 aliphatic heterocycles. The van der Waals surface area contributed by atoms with Gasteiger partial charge in [-0.2, -0.15) is 0 Å². The normalized spacial score (nSPS) is 10.8. The Labute approximate surface area is 138 Å². The van der Waals surface area contributed by atoms with Crippen molar-refractivity contribution in [2.45, 2.75) is 13.8 Å². The Kier molecular flexibility index (Phi) is 3.93. The lowest BCUT2D eigenvalue weighted by Gasteiger charge is -2.11. The summed E-state index contributed by atoms with van der Waals surface area (Å²) in [5.41, 5.74) is 2.63. The molecule has 0 atom stereocenters. The molecule has 0 aliphatic rings. The highest BCUT2D eigenvalue weighted by Gasteiger charge is 2.16. The van der Waals surface area contributed by atoms with Crippen LogP contribution < -0.4 is 10.7 Å². The van der Waals surface area contributed by atoms with Crippen LogP contribution in [0.1, 0.15) is 21.5 Å². The quantitative estimate of drug-likeness (QED) is 0.784. The van der Waals surface area contributed by atoms with Crippen molar-refractivity contribution in [1.29, 1.82) is 0 Å². The summed E-state index contributed by atoms with van der Waals surface area (Å²) in [6, 6.07) is 9.67. The third kappa shape index (κ3) is 2.80. The molecule has 0 radical (unpaired) electrons. The van der Waals surface area contributed by atoms with E-state index in [4.69, 9.17) is 0 Å². The zero-order chi connectivity index (χ0) is 17.4. The molecule has 3 aromatic rings. The van der Waals surface area contributed by atoms with Crippen LogP contribution in [0.3, 0.4) is 0 Å². The second kappa shape index (κ2) is 5.92. The summed E-state index contributed by atoms with van der Waals surface area (Å²) in [6.45, 7) is 3.80. The van der Waals surface area contributed by atoms with Crippen molar-refractivity contribution < 1.29 is 9.18 Å². The van der Waals surface area contributed by atoms with Crippen LogP contribution in [-0.2, 0) is 7.05 Å². The Morgan fingerprint density at radius 2 is 1.88 bits per heavy atom. The number of rotatable bonds is 2. The van der Waals surface area contributed by atoms with Crippen LogP contribution in [0, 0.1) is 19.7 Å². The van der Waals surface area contributed by atoms with Crippen LogP contribution in [-0.4, -0.2) is 10.5 Å². The summed E-state index contributed by atoms with van der Waals surface area (Å²) in [7, 11) is 1.72. The molecular formula is C19H17FN2O2. The van der Waals surface area contributed by atoms with Gasteiger partial charge in [0.15, 0.2) is 0 Å². The highest BCUT2D eigenvalue weighted by molar-refractivity contribution is 6.06. The number of aromatic nitrogens is 1. The van der Waals surface area contributed by atoms with E-state index in [1.54, 1.807) is 11.6 Å². The molecule has 0 saturated carbocycles. The summed E-state index contributed by atoms with van der Waals surface area (Å²) in [5.74, 6) is -1.01. The van der Waals surface area contributed by atoms with Crippen molar-refractivity contribution in [3.8, 4) is 0 Å². The number of halogens is 1. The smallest absolute Gasteiger partial charge is 0.261 e. The zero-order valence-corrected chi connectivity index (χ0v) is 13.7. The Hall–Kier alpha value is -2.95. The molecule has 4 nitrogen and oxygen atoms in total. The molecule has 0 bridgehead atoms. The Bertz CT molecular complexity index is 1020. The van der Waals surface area contributed by atoms with Gasteiger partial charge in [0.25, 0.3) is 5.91 Å². The minimum absolute atomic E-state index is 0.0171. The van der Waals surface area contributed by atoms with E-state index in [-0.39, 0.29) is 10.9 Å². The molecule has 2 aromatic carbocycles. The Morgan fingerprint density at radius 1 is 1.12 bits per heavy atom. The summed E-state index contributed by atoms with van der Waals surface area (Å²) in [4.78, 5) is 25.1. The molecule has 122 valence electrons. The highest BCUT2D eigenvalue weighted by atomic mass is 19.1. The molecule has 0 unspecified atom stereocenters. The zero-order valence-electron chi connectivity index (χ0n) is 13.7. The number of carbonyl (C=O) groups excluding carboxylic acids is 1. The maximum Gasteiger partial charge on any atom is 0.261 e. The lowest BCUT2D eigenvalue weighted by molar-refractivity contribution is 0.102. The molecule has 0 aliphatic carbocycles. The maximum atomic E-state index is 13.5. The molecule has 1 heterocycles. The predicted molar refractivity (Wildman–Crippen MR) is 93.0 cm³/mol. The van der Waals surface area contributed by atoms with E-state index in [0.29, 0.717) is 11.2 Å². The van der Waals surface area contributed by atoms with Crippen molar-refractivity contribution in [3.05, 3.63) is 75.3 Å². The van der Waals surface area contributed by atoms with Crippen LogP contribution in [0.15, 0.2) is 47.4 Å². The van der Waals surface area contributed by atoms with Crippen molar-refractivity contribution in [2.24, 2.45) is 7.05 Å². The van der Waals surface area contributed by atoms with Crippen LogP contribution in [0.4, 0.5) is 10.1 Å². The van der Waals surface area contributed by atoms with Gasteiger partial charge >= 0.3 is 0 Å². The average Bonchev–Trinajstić information content (AvgIpc) is 2.54. The number of hydrogen-bond donors (Lipinski definition) is 1. The Morgan fingerprint density at radius 3 is 2.62 bits per heavy atom. The van der Waals surface area contributed by atoms with E-state index in [1.807, 2.05) is 32.0 Å². The third-order valence-corrected chi connectivity index (χ3v) is 4.04. The Balaban J connectivity index is 2.09. The number of aryl methyl sites for hydroxylation is 3. The first-order valence-corrected chi connectivity index (χ1v) is 7.54. The number of pyridine rings is 1. The second-order valence-electron chi connectivity index (χ2n) is 5.92. The summed E-state index contributed by atoms with van der Waals surface area (Å²) >= 11 is 0. The van der Waals surface area contributed by atoms with Crippen molar-refractivity contribution in [3.63, 3.8) is 0 Å². The summed E-state index contributed by atoms with van der Waals surface area (Å²) < 4.78 is 15.1. The monoisotopic (exact) mass is 324 g/mol. The minimum Gasteiger partial charge on any atom is -0.350 e. The number of fused-ring (bicyclic) bond motifs is 1. The van der Waals surface area contributed by atoms with Crippen LogP contribution in [0.2, 0.25) is 0 Å². The number of anilines is 1. The van der Waals surface area contributed by atoms with Crippen LogP contribution >= 0.6 is 0 Å². The SMILES string of the molecule is Cc1ccc(C)c(NC(=O)c2cn(C)c3ccc(F)cc3c2=O)c1. The fraction of sp³-hybridized carbons (Fsp3) is 0.158. The van der Waals surface area contributed by atoms with Gasteiger partial charge in [0, 0.05) is 24.3 Å². The number of carbonyl (C=O) groups is 1. The van der Waals surface area contributed by atoms with Crippen LogP contribution in [0.25, 0.3) is 10.9 Å². The van der Waals surface area contributed by atoms with E-state index in [0.717, 1.165) is 17.2 Å². The highest BCUT2D eigenvalue weighted by Crippen LogP contribution is 2.18. The summed E-state index contributed by atoms with van der Waals surface area (Å²) in [5, 5.41) is 2.95. The molecule has 0 fully saturated rings. The second-order valence-corrected chi connectivity index (χ2v) is 5.92. The van der Waals surface area contributed by atoms with Gasteiger partial charge in [0.2, 0.25) is 5.43 Å². The largest absolute Gasteiger partial charge is 0.350 e. The lowest BCUT2D eigenvalue weighted by Crippen LogP contribution is -2.23. The first-order chi connectivity index (χ1) is 11.4. The maximum absolute atomic E-state index is 13.5. The minimum atomic E-state index is -0.508. The molecule has 1 N–H and O–H groups in total. The number of amides is 1. The summed E-state index contributed by atoms with van der Waals surface area (Å²) in [6.07, 6.45) is 1.48. The van der Waals surface area contributed by atoms with Crippen LogP contribution in [0.5, 0.6) is 0 Å². The van der Waals surface area contributed by atoms with Gasteiger partial charge in [0.1, 0.15) is 11.4 Å². The fourth-order valence-electron chi connectivity index (χ4n) is 2.69. The molecular weight excluding hydrogens is 307 g/mol. The molecule has 24 heavy (non-hydrogen) atoms. The van der Waals surface area contributed by atoms with Gasteiger partial charge in [-0.05, 0) is 49.2 Å². The van der Waals surface area contributed by atoms with E-state index in [2.05, 4.69) is 5.32 Å². The standard InChI is InChI=1S/C19H17FN2O2/c1-11-4-5-12(2)16(8-11)21-19(24)15-10-22(3)17-7-6-13(20)9-14(17)18(15)23/h4-10H,1-3H3,(H,21,24). The topological polar surface area (TPSA) is 51.1 Å². The van der Waals surface area contributed by atoms with Gasteiger partial charge < -0.3 is 9.88 Å². The van der Waals surface area contributed by atoms with Gasteiger partial charge in [-0.25, -0.2) is 4.39 Å². The molecule has 1 aromatic heterocycles. The first kappa shape index (κ1) is 15.9. The fourth-order valence-corrected chi connectivity index (χ4v) is 2.69. The third-order valence-electron chi connectivity index (χ3n) is 4.04. The van der Waals surface area contributed by atoms with Crippen molar-refractivity contribution >= 4 is 22.5 Å². The lowest BCUT2D eigenvalue weighted by atomic mass is 10.1. The number of hydrogen-bond acceptors (Lipinski definition) is 2.